The Morgan fingerprint density at radius 3 is 2.85 bits per heavy atom. The van der Waals surface area contributed by atoms with E-state index in [9.17, 15) is 4.39 Å². The highest BCUT2D eigenvalue weighted by molar-refractivity contribution is 5.32. The lowest BCUT2D eigenvalue weighted by Crippen LogP contribution is -1.95. The second-order valence-electron chi connectivity index (χ2n) is 2.63. The molecule has 0 N–H and O–H groups in total. The average Bonchev–Trinajstić information content (AvgIpc) is 2.09. The number of halogens is 1. The molecule has 1 nitrogen and oxygen atoms in total. The van der Waals surface area contributed by atoms with E-state index in [2.05, 4.69) is 11.8 Å². The van der Waals surface area contributed by atoms with E-state index in [0.717, 1.165) is 5.56 Å². The monoisotopic (exact) mass is 178 g/mol. The maximum Gasteiger partial charge on any atom is 0.149 e. The number of hydrogen-bond donors (Lipinski definition) is 0. The largest absolute Gasteiger partial charge is 0.481 e. The molecule has 0 amide bonds. The van der Waals surface area contributed by atoms with Crippen LogP contribution in [0.15, 0.2) is 18.2 Å². The van der Waals surface area contributed by atoms with Crippen molar-refractivity contribution in [3.8, 4) is 17.6 Å². The normalized spacial score (nSPS) is 8.85. The van der Waals surface area contributed by atoms with Gasteiger partial charge in [0.15, 0.2) is 0 Å². The third-order valence-electron chi connectivity index (χ3n) is 1.61. The first kappa shape index (κ1) is 9.60. The zero-order valence-electron chi connectivity index (χ0n) is 7.73. The van der Waals surface area contributed by atoms with Crippen molar-refractivity contribution in [3.63, 3.8) is 0 Å². The third kappa shape index (κ3) is 2.79. The smallest absolute Gasteiger partial charge is 0.149 e. The summed E-state index contributed by atoms with van der Waals surface area (Å²) in [5.41, 5.74) is 0.790. The van der Waals surface area contributed by atoms with Crippen molar-refractivity contribution in [2.75, 3.05) is 6.61 Å². The van der Waals surface area contributed by atoms with Gasteiger partial charge in [-0.25, -0.2) is 4.39 Å². The summed E-state index contributed by atoms with van der Waals surface area (Å²) in [7, 11) is 0. The lowest BCUT2D eigenvalue weighted by Gasteiger charge is -2.05. The van der Waals surface area contributed by atoms with Crippen LogP contribution in [0, 0.1) is 24.6 Å². The fourth-order valence-electron chi connectivity index (χ4n) is 0.961. The Bertz CT molecular complexity index is 347. The standard InChI is InChI=1S/C11H11FO/c1-3-4-7-13-11-6-5-10(12)8-9(11)2/h5-6,8H,7H2,1-2H3. The van der Waals surface area contributed by atoms with Crippen molar-refractivity contribution in [2.24, 2.45) is 0 Å². The Balaban J connectivity index is 2.70. The highest BCUT2D eigenvalue weighted by Gasteiger charge is 1.99. The van der Waals surface area contributed by atoms with E-state index in [-0.39, 0.29) is 5.82 Å². The van der Waals surface area contributed by atoms with Gasteiger partial charge >= 0.3 is 0 Å². The molecule has 0 aliphatic carbocycles. The van der Waals surface area contributed by atoms with Crippen LogP contribution < -0.4 is 4.74 Å². The first-order valence-corrected chi connectivity index (χ1v) is 4.02. The SMILES string of the molecule is CC#CCOc1ccc(F)cc1C. The average molecular weight is 178 g/mol. The van der Waals surface area contributed by atoms with Crippen molar-refractivity contribution in [1.82, 2.24) is 0 Å². The fraction of sp³-hybridized carbons (Fsp3) is 0.273. The zero-order valence-corrected chi connectivity index (χ0v) is 7.73. The summed E-state index contributed by atoms with van der Waals surface area (Å²) >= 11 is 0. The molecule has 0 spiro atoms. The summed E-state index contributed by atoms with van der Waals surface area (Å²) in [6, 6.07) is 4.43. The van der Waals surface area contributed by atoms with Crippen LogP contribution in [-0.4, -0.2) is 6.61 Å². The van der Waals surface area contributed by atoms with Gasteiger partial charge in [-0.1, -0.05) is 5.92 Å². The van der Waals surface area contributed by atoms with Crippen LogP contribution in [0.25, 0.3) is 0 Å². The molecular weight excluding hydrogens is 167 g/mol. The van der Waals surface area contributed by atoms with E-state index in [4.69, 9.17) is 4.74 Å². The minimum Gasteiger partial charge on any atom is -0.481 e. The number of aryl methyl sites for hydroxylation is 1. The van der Waals surface area contributed by atoms with Gasteiger partial charge in [0.1, 0.15) is 18.2 Å². The Morgan fingerprint density at radius 1 is 1.46 bits per heavy atom. The molecule has 0 aliphatic heterocycles. The molecule has 0 saturated heterocycles. The van der Waals surface area contributed by atoms with Crippen LogP contribution in [0.3, 0.4) is 0 Å². The Hall–Kier alpha value is -1.49. The van der Waals surface area contributed by atoms with E-state index in [1.807, 2.05) is 0 Å². The minimum atomic E-state index is -0.244. The predicted molar refractivity (Wildman–Crippen MR) is 50.1 cm³/mol. The van der Waals surface area contributed by atoms with Crippen LogP contribution >= 0.6 is 0 Å². The Kier molecular flexibility index (Phi) is 3.33. The molecule has 0 radical (unpaired) electrons. The third-order valence-corrected chi connectivity index (χ3v) is 1.61. The second kappa shape index (κ2) is 4.51. The summed E-state index contributed by atoms with van der Waals surface area (Å²) in [5, 5.41) is 0. The Labute approximate surface area is 77.5 Å². The van der Waals surface area contributed by atoms with Crippen LogP contribution in [0.4, 0.5) is 4.39 Å². The highest BCUT2D eigenvalue weighted by atomic mass is 19.1. The molecule has 0 unspecified atom stereocenters. The molecule has 0 aromatic heterocycles. The van der Waals surface area contributed by atoms with Gasteiger partial charge in [0.2, 0.25) is 0 Å². The number of rotatable bonds is 2. The molecule has 0 aliphatic rings. The van der Waals surface area contributed by atoms with E-state index >= 15 is 0 Å². The summed E-state index contributed by atoms with van der Waals surface area (Å²) in [6.45, 7) is 3.90. The van der Waals surface area contributed by atoms with Gasteiger partial charge in [-0.15, -0.1) is 5.92 Å². The minimum absolute atomic E-state index is 0.244. The first-order valence-electron chi connectivity index (χ1n) is 4.02. The molecule has 1 aromatic carbocycles. The molecule has 68 valence electrons. The molecule has 0 saturated carbocycles. The van der Waals surface area contributed by atoms with E-state index < -0.39 is 0 Å². The van der Waals surface area contributed by atoms with E-state index in [1.165, 1.54) is 12.1 Å². The fourth-order valence-corrected chi connectivity index (χ4v) is 0.961. The summed E-state index contributed by atoms with van der Waals surface area (Å²) in [5.74, 6) is 5.93. The van der Waals surface area contributed by atoms with Crippen molar-refractivity contribution in [3.05, 3.63) is 29.6 Å². The summed E-state index contributed by atoms with van der Waals surface area (Å²) in [6.07, 6.45) is 0. The van der Waals surface area contributed by atoms with Crippen LogP contribution in [0.5, 0.6) is 5.75 Å². The Morgan fingerprint density at radius 2 is 2.23 bits per heavy atom. The molecule has 0 fully saturated rings. The van der Waals surface area contributed by atoms with Gasteiger partial charge < -0.3 is 4.74 Å². The van der Waals surface area contributed by atoms with Crippen molar-refractivity contribution < 1.29 is 9.13 Å². The van der Waals surface area contributed by atoms with Gasteiger partial charge in [-0.3, -0.25) is 0 Å². The topological polar surface area (TPSA) is 9.23 Å². The highest BCUT2D eigenvalue weighted by Crippen LogP contribution is 2.17. The first-order chi connectivity index (χ1) is 6.24. The van der Waals surface area contributed by atoms with Gasteiger partial charge in [0.25, 0.3) is 0 Å². The van der Waals surface area contributed by atoms with Gasteiger partial charge in [-0.2, -0.15) is 0 Å². The number of benzene rings is 1. The lowest BCUT2D eigenvalue weighted by atomic mass is 10.2. The molecule has 0 bridgehead atoms. The van der Waals surface area contributed by atoms with Crippen molar-refractivity contribution in [1.29, 1.82) is 0 Å². The number of ether oxygens (including phenoxy) is 1. The second-order valence-corrected chi connectivity index (χ2v) is 2.63. The van der Waals surface area contributed by atoms with Crippen LogP contribution in [-0.2, 0) is 0 Å². The van der Waals surface area contributed by atoms with E-state index in [0.29, 0.717) is 12.4 Å². The summed E-state index contributed by atoms with van der Waals surface area (Å²) < 4.78 is 17.9. The van der Waals surface area contributed by atoms with Crippen LogP contribution in [0.2, 0.25) is 0 Å². The van der Waals surface area contributed by atoms with E-state index in [1.54, 1.807) is 19.9 Å². The molecule has 1 rings (SSSR count). The molecule has 13 heavy (non-hydrogen) atoms. The van der Waals surface area contributed by atoms with Crippen LogP contribution in [0.1, 0.15) is 12.5 Å². The maximum atomic E-state index is 12.7. The van der Waals surface area contributed by atoms with Gasteiger partial charge in [-0.05, 0) is 37.6 Å². The molecule has 2 heteroatoms. The lowest BCUT2D eigenvalue weighted by molar-refractivity contribution is 0.366. The quantitative estimate of drug-likeness (QED) is 0.632. The van der Waals surface area contributed by atoms with Crippen molar-refractivity contribution >= 4 is 0 Å². The maximum absolute atomic E-state index is 12.7. The summed E-state index contributed by atoms with van der Waals surface area (Å²) in [4.78, 5) is 0. The van der Waals surface area contributed by atoms with Crippen molar-refractivity contribution in [2.45, 2.75) is 13.8 Å². The zero-order chi connectivity index (χ0) is 9.68. The van der Waals surface area contributed by atoms with Gasteiger partial charge in [0.05, 0.1) is 0 Å². The molecular formula is C11H11FO. The predicted octanol–water partition coefficient (Wildman–Crippen LogP) is 2.54. The molecule has 1 aromatic rings. The number of hydrogen-bond acceptors (Lipinski definition) is 1. The molecule has 0 heterocycles. The molecule has 0 atom stereocenters. The van der Waals surface area contributed by atoms with Gasteiger partial charge in [0, 0.05) is 0 Å².